The molecule has 1 heterocycles. The molecule has 1 fully saturated rings. The number of likely N-dealkylation sites (tertiary alicyclic amines) is 1. The molecule has 1 aliphatic heterocycles. The first kappa shape index (κ1) is 16.0. The van der Waals surface area contributed by atoms with Gasteiger partial charge < -0.3 is 15.0 Å². The highest BCUT2D eigenvalue weighted by Gasteiger charge is 2.20. The van der Waals surface area contributed by atoms with E-state index in [4.69, 9.17) is 4.74 Å². The molecule has 0 radical (unpaired) electrons. The maximum atomic E-state index is 5.49. The van der Waals surface area contributed by atoms with Gasteiger partial charge in [-0.05, 0) is 44.5 Å². The Morgan fingerprint density at radius 1 is 1.45 bits per heavy atom. The second-order valence-corrected chi connectivity index (χ2v) is 6.31. The van der Waals surface area contributed by atoms with E-state index in [1.54, 1.807) is 0 Å². The van der Waals surface area contributed by atoms with Crippen molar-refractivity contribution >= 4 is 15.9 Å². The molecule has 0 spiro atoms. The van der Waals surface area contributed by atoms with Crippen LogP contribution in [0, 0.1) is 0 Å². The fourth-order valence-electron chi connectivity index (χ4n) is 2.93. The van der Waals surface area contributed by atoms with Gasteiger partial charge in [-0.25, -0.2) is 0 Å². The third-order valence-corrected chi connectivity index (χ3v) is 4.88. The predicted octanol–water partition coefficient (Wildman–Crippen LogP) is 3.21. The van der Waals surface area contributed by atoms with Crippen molar-refractivity contribution in [2.24, 2.45) is 0 Å². The lowest BCUT2D eigenvalue weighted by Gasteiger charge is -2.33. The third-order valence-electron chi connectivity index (χ3n) is 4.16. The number of methoxy groups -OCH3 is 1. The number of nitrogens with one attached hydrogen (secondary N) is 1. The Hall–Kier alpha value is -0.420. The number of nitrogens with zero attached hydrogens (tertiary/aromatic N) is 1. The quantitative estimate of drug-likeness (QED) is 0.860. The number of halogens is 1. The van der Waals surface area contributed by atoms with Crippen LogP contribution in [0.1, 0.15) is 30.9 Å². The van der Waals surface area contributed by atoms with Crippen molar-refractivity contribution in [1.82, 2.24) is 10.2 Å². The number of ether oxygens (including phenoxy) is 1. The Morgan fingerprint density at radius 2 is 2.25 bits per heavy atom. The van der Waals surface area contributed by atoms with E-state index < -0.39 is 0 Å². The summed E-state index contributed by atoms with van der Waals surface area (Å²) in [6.07, 6.45) is 3.99. The van der Waals surface area contributed by atoms with Crippen LogP contribution in [0.25, 0.3) is 0 Å². The zero-order valence-corrected chi connectivity index (χ0v) is 14.0. The molecule has 1 saturated heterocycles. The van der Waals surface area contributed by atoms with Gasteiger partial charge in [0.1, 0.15) is 0 Å². The molecule has 1 N–H and O–H groups in total. The maximum Gasteiger partial charge on any atom is 0.0698 e. The summed E-state index contributed by atoms with van der Waals surface area (Å²) in [5.74, 6) is 0. The van der Waals surface area contributed by atoms with E-state index in [2.05, 4.69) is 50.4 Å². The van der Waals surface area contributed by atoms with Gasteiger partial charge in [0.15, 0.2) is 0 Å². The molecule has 1 aromatic rings. The Kier molecular flexibility index (Phi) is 6.49. The minimum atomic E-state index is 0.397. The summed E-state index contributed by atoms with van der Waals surface area (Å²) < 4.78 is 6.68. The monoisotopic (exact) mass is 340 g/mol. The van der Waals surface area contributed by atoms with Crippen LogP contribution in [0.15, 0.2) is 28.7 Å². The molecule has 2 unspecified atom stereocenters. The number of rotatable bonds is 6. The summed E-state index contributed by atoms with van der Waals surface area (Å²) in [5.41, 5.74) is 1.34. The van der Waals surface area contributed by atoms with E-state index in [-0.39, 0.29) is 0 Å². The van der Waals surface area contributed by atoms with Crippen molar-refractivity contribution in [2.75, 3.05) is 33.8 Å². The minimum absolute atomic E-state index is 0.397. The molecule has 112 valence electrons. The number of piperidine rings is 1. The fraction of sp³-hybridized carbons (Fsp3) is 0.625. The highest BCUT2D eigenvalue weighted by Crippen LogP contribution is 2.25. The number of hydrogen-bond donors (Lipinski definition) is 1. The van der Waals surface area contributed by atoms with Gasteiger partial charge >= 0.3 is 0 Å². The first-order valence-corrected chi connectivity index (χ1v) is 8.20. The second kappa shape index (κ2) is 8.13. The van der Waals surface area contributed by atoms with Crippen LogP contribution in [0.5, 0.6) is 0 Å². The van der Waals surface area contributed by atoms with Crippen molar-refractivity contribution in [3.8, 4) is 0 Å². The van der Waals surface area contributed by atoms with Crippen LogP contribution in [-0.4, -0.2) is 44.8 Å². The Labute approximate surface area is 130 Å². The Bertz CT molecular complexity index is 413. The average molecular weight is 341 g/mol. The van der Waals surface area contributed by atoms with Gasteiger partial charge in [0.05, 0.1) is 6.10 Å². The molecule has 0 saturated carbocycles. The average Bonchev–Trinajstić information content (AvgIpc) is 2.49. The number of hydrogen-bond acceptors (Lipinski definition) is 3. The van der Waals surface area contributed by atoms with Crippen molar-refractivity contribution < 1.29 is 4.74 Å². The Balaban J connectivity index is 1.89. The van der Waals surface area contributed by atoms with Gasteiger partial charge in [-0.1, -0.05) is 34.1 Å². The standard InChI is InChI=1S/C16H25BrN2O/c1-18-16(14-7-3-4-8-15(14)17)9-11-19-10-5-6-13(12-19)20-2/h3-4,7-8,13,16,18H,5-6,9-12H2,1-2H3. The molecular weight excluding hydrogens is 316 g/mol. The van der Waals surface area contributed by atoms with Gasteiger partial charge in [0.2, 0.25) is 0 Å². The van der Waals surface area contributed by atoms with Gasteiger partial charge in [-0.2, -0.15) is 0 Å². The van der Waals surface area contributed by atoms with E-state index >= 15 is 0 Å². The van der Waals surface area contributed by atoms with Crippen LogP contribution in [0.4, 0.5) is 0 Å². The SMILES string of the molecule is CNC(CCN1CCCC(OC)C1)c1ccccc1Br. The maximum absolute atomic E-state index is 5.49. The first-order chi connectivity index (χ1) is 9.74. The van der Waals surface area contributed by atoms with E-state index in [1.165, 1.54) is 29.4 Å². The lowest BCUT2D eigenvalue weighted by molar-refractivity contribution is 0.0302. The normalized spacial score (nSPS) is 21.9. The molecule has 0 amide bonds. The van der Waals surface area contributed by atoms with Gasteiger partial charge in [0.25, 0.3) is 0 Å². The summed E-state index contributed by atoms with van der Waals surface area (Å²) in [4.78, 5) is 2.53. The zero-order valence-electron chi connectivity index (χ0n) is 12.4. The zero-order chi connectivity index (χ0) is 14.4. The molecule has 0 aliphatic carbocycles. The molecule has 1 aliphatic rings. The summed E-state index contributed by atoms with van der Waals surface area (Å²) in [5, 5.41) is 3.44. The lowest BCUT2D eigenvalue weighted by atomic mass is 10.0. The molecule has 0 bridgehead atoms. The van der Waals surface area contributed by atoms with Gasteiger partial charge in [-0.3, -0.25) is 0 Å². The first-order valence-electron chi connectivity index (χ1n) is 7.41. The van der Waals surface area contributed by atoms with Crippen LogP contribution >= 0.6 is 15.9 Å². The topological polar surface area (TPSA) is 24.5 Å². The minimum Gasteiger partial charge on any atom is -0.380 e. The highest BCUT2D eigenvalue weighted by atomic mass is 79.9. The largest absolute Gasteiger partial charge is 0.380 e. The second-order valence-electron chi connectivity index (χ2n) is 5.45. The summed E-state index contributed by atoms with van der Waals surface area (Å²) in [7, 11) is 3.86. The van der Waals surface area contributed by atoms with Crippen molar-refractivity contribution in [3.05, 3.63) is 34.3 Å². The van der Waals surface area contributed by atoms with Crippen LogP contribution < -0.4 is 5.32 Å². The van der Waals surface area contributed by atoms with E-state index in [1.807, 2.05) is 14.2 Å². The van der Waals surface area contributed by atoms with Crippen LogP contribution in [0.2, 0.25) is 0 Å². The van der Waals surface area contributed by atoms with Crippen LogP contribution in [0.3, 0.4) is 0 Å². The molecular formula is C16H25BrN2O. The molecule has 0 aromatic heterocycles. The predicted molar refractivity (Wildman–Crippen MR) is 87.0 cm³/mol. The highest BCUT2D eigenvalue weighted by molar-refractivity contribution is 9.10. The number of benzene rings is 1. The van der Waals surface area contributed by atoms with Crippen molar-refractivity contribution in [2.45, 2.75) is 31.4 Å². The summed E-state index contributed by atoms with van der Waals surface area (Å²) in [6.45, 7) is 3.39. The summed E-state index contributed by atoms with van der Waals surface area (Å²) >= 11 is 3.65. The van der Waals surface area contributed by atoms with E-state index in [9.17, 15) is 0 Å². The lowest BCUT2D eigenvalue weighted by Crippen LogP contribution is -2.40. The summed E-state index contributed by atoms with van der Waals surface area (Å²) in [6, 6.07) is 8.87. The van der Waals surface area contributed by atoms with Crippen molar-refractivity contribution in [1.29, 1.82) is 0 Å². The molecule has 2 atom stereocenters. The Morgan fingerprint density at radius 3 is 2.95 bits per heavy atom. The third kappa shape index (κ3) is 4.29. The molecule has 4 heteroatoms. The van der Waals surface area contributed by atoms with Crippen molar-refractivity contribution in [3.63, 3.8) is 0 Å². The van der Waals surface area contributed by atoms with E-state index in [0.29, 0.717) is 12.1 Å². The smallest absolute Gasteiger partial charge is 0.0698 e. The fourth-order valence-corrected chi connectivity index (χ4v) is 3.49. The van der Waals surface area contributed by atoms with Gasteiger partial charge in [0, 0.05) is 30.7 Å². The molecule has 20 heavy (non-hydrogen) atoms. The van der Waals surface area contributed by atoms with Crippen LogP contribution in [-0.2, 0) is 4.74 Å². The van der Waals surface area contributed by atoms with E-state index in [0.717, 1.165) is 19.5 Å². The molecule has 2 rings (SSSR count). The van der Waals surface area contributed by atoms with Gasteiger partial charge in [-0.15, -0.1) is 0 Å². The molecule has 1 aromatic carbocycles. The molecule has 3 nitrogen and oxygen atoms in total.